The van der Waals surface area contributed by atoms with Gasteiger partial charge in [0.2, 0.25) is 5.91 Å². The molecule has 15 heteroatoms. The molecule has 0 aliphatic heterocycles. The number of halogens is 5. The minimum Gasteiger partial charge on any atom is -0.465 e. The number of hydrogen-bond acceptors (Lipinski definition) is 5. The first-order valence-corrected chi connectivity index (χ1v) is 14.4. The molecule has 2 N–H and O–H groups in total. The Morgan fingerprint density at radius 3 is 2.32 bits per heavy atom. The van der Waals surface area contributed by atoms with Crippen LogP contribution in [0.1, 0.15) is 43.5 Å². The van der Waals surface area contributed by atoms with Crippen molar-refractivity contribution in [2.45, 2.75) is 51.6 Å². The lowest BCUT2D eigenvalue weighted by Crippen LogP contribution is -2.51. The molecule has 0 saturated carbocycles. The fourth-order valence-electron chi connectivity index (χ4n) is 4.78. The van der Waals surface area contributed by atoms with E-state index in [4.69, 9.17) is 11.6 Å². The molecule has 2 aromatic carbocycles. The smallest absolute Gasteiger partial charge is 0.416 e. The lowest BCUT2D eigenvalue weighted by atomic mass is 9.94. The Morgan fingerprint density at radius 2 is 1.73 bits per heavy atom. The number of nitrogens with one attached hydrogen (secondary N) is 1. The summed E-state index contributed by atoms with van der Waals surface area (Å²) in [5.41, 5.74) is -3.09. The highest BCUT2D eigenvalue weighted by atomic mass is 35.5. The molecule has 234 valence electrons. The van der Waals surface area contributed by atoms with Gasteiger partial charge in [-0.15, -0.1) is 16.4 Å². The van der Waals surface area contributed by atoms with E-state index in [1.54, 1.807) is 18.2 Å². The summed E-state index contributed by atoms with van der Waals surface area (Å²) in [7, 11) is 0. The van der Waals surface area contributed by atoms with Gasteiger partial charge in [-0.05, 0) is 50.6 Å². The van der Waals surface area contributed by atoms with Crippen LogP contribution in [0.3, 0.4) is 0 Å². The van der Waals surface area contributed by atoms with Crippen molar-refractivity contribution in [3.8, 4) is 10.7 Å². The Balaban J connectivity index is 1.66. The van der Waals surface area contributed by atoms with Crippen LogP contribution in [0.2, 0.25) is 4.34 Å². The molecule has 2 heterocycles. The number of carboxylic acid groups (broad SMARTS) is 1. The average Bonchev–Trinajstić information content (AvgIpc) is 3.49. The van der Waals surface area contributed by atoms with Gasteiger partial charge in [0.15, 0.2) is 5.82 Å². The van der Waals surface area contributed by atoms with Gasteiger partial charge in [-0.2, -0.15) is 13.2 Å². The normalized spacial score (nSPS) is 12.6. The van der Waals surface area contributed by atoms with Gasteiger partial charge < -0.3 is 10.4 Å². The fourth-order valence-corrected chi connectivity index (χ4v) is 5.81. The van der Waals surface area contributed by atoms with Gasteiger partial charge >= 0.3 is 18.0 Å². The summed E-state index contributed by atoms with van der Waals surface area (Å²) in [6.07, 6.45) is -6.28. The van der Waals surface area contributed by atoms with Crippen molar-refractivity contribution in [1.29, 1.82) is 0 Å². The highest BCUT2D eigenvalue weighted by Crippen LogP contribution is 2.38. The summed E-state index contributed by atoms with van der Waals surface area (Å²) < 4.78 is 58.7. The van der Waals surface area contributed by atoms with E-state index in [2.05, 4.69) is 10.4 Å². The summed E-state index contributed by atoms with van der Waals surface area (Å²) in [5.74, 6) is -1.23. The van der Waals surface area contributed by atoms with Crippen LogP contribution in [-0.2, 0) is 24.1 Å². The van der Waals surface area contributed by atoms with Gasteiger partial charge in [-0.1, -0.05) is 48.0 Å². The second-order valence-electron chi connectivity index (χ2n) is 10.8. The van der Waals surface area contributed by atoms with Gasteiger partial charge in [0.05, 0.1) is 27.4 Å². The first kappa shape index (κ1) is 32.7. The second kappa shape index (κ2) is 12.8. The lowest BCUT2D eigenvalue weighted by Gasteiger charge is -2.40. The van der Waals surface area contributed by atoms with Crippen molar-refractivity contribution in [3.05, 3.63) is 98.0 Å². The van der Waals surface area contributed by atoms with E-state index >= 15 is 0 Å². The van der Waals surface area contributed by atoms with Crippen LogP contribution in [0.5, 0.6) is 0 Å². The van der Waals surface area contributed by atoms with Crippen molar-refractivity contribution in [1.82, 2.24) is 24.6 Å². The number of carbonyl (C=O) groups excluding carboxylic acids is 1. The SMILES string of the molecule is CC(C)(C)N(C(=O)O)C(CNC(=O)Cn1nc(-c2ccc(Cl)s2)n(Cc2ccccc2F)c1=O)c1ccccc1C(F)(F)F. The maximum absolute atomic E-state index is 14.4. The zero-order chi connectivity index (χ0) is 32.4. The minimum absolute atomic E-state index is 0.129. The molecule has 0 bridgehead atoms. The van der Waals surface area contributed by atoms with Gasteiger partial charge in [0.1, 0.15) is 12.4 Å². The molecule has 0 spiro atoms. The van der Waals surface area contributed by atoms with E-state index in [9.17, 15) is 37.1 Å². The average molecular weight is 654 g/mol. The van der Waals surface area contributed by atoms with E-state index in [-0.39, 0.29) is 23.5 Å². The van der Waals surface area contributed by atoms with Crippen molar-refractivity contribution >= 4 is 34.9 Å². The van der Waals surface area contributed by atoms with E-state index in [1.807, 2.05) is 0 Å². The number of amides is 2. The minimum atomic E-state index is -4.79. The molecule has 2 aromatic heterocycles. The molecule has 4 aromatic rings. The standard InChI is InChI=1S/C29H28ClF4N5O4S/c1-28(2,3)39(27(42)43)21(18-9-5-6-10-19(18)29(32,33)34)14-35-24(40)16-38-26(41)37(15-17-8-4-7-11-20(17)31)25(36-38)22-12-13-23(30)44-22/h4-13,21H,14-16H2,1-3H3,(H,35,40)(H,42,43). The Morgan fingerprint density at radius 1 is 1.07 bits per heavy atom. The van der Waals surface area contributed by atoms with E-state index in [0.717, 1.165) is 33.1 Å². The summed E-state index contributed by atoms with van der Waals surface area (Å²) in [5, 5.41) is 16.7. The fraction of sp³-hybridized carbons (Fsp3) is 0.310. The van der Waals surface area contributed by atoms with Crippen LogP contribution < -0.4 is 11.0 Å². The van der Waals surface area contributed by atoms with Crippen LogP contribution in [0.25, 0.3) is 10.7 Å². The predicted octanol–water partition coefficient (Wildman–Crippen LogP) is 6.27. The molecule has 0 saturated heterocycles. The van der Waals surface area contributed by atoms with E-state index < -0.39 is 59.9 Å². The van der Waals surface area contributed by atoms with Gasteiger partial charge in [0.25, 0.3) is 0 Å². The van der Waals surface area contributed by atoms with Gasteiger partial charge in [-0.25, -0.2) is 18.7 Å². The number of aromatic nitrogens is 3. The monoisotopic (exact) mass is 653 g/mol. The molecule has 0 aliphatic rings. The molecule has 0 aliphatic carbocycles. The molecule has 44 heavy (non-hydrogen) atoms. The summed E-state index contributed by atoms with van der Waals surface area (Å²) in [6.45, 7) is 3.18. The van der Waals surface area contributed by atoms with Crippen molar-refractivity contribution in [3.63, 3.8) is 0 Å². The maximum atomic E-state index is 14.4. The number of thiophene rings is 1. The third-order valence-electron chi connectivity index (χ3n) is 6.65. The molecular formula is C29H28ClF4N5O4S. The molecule has 0 fully saturated rings. The Kier molecular flexibility index (Phi) is 9.54. The van der Waals surface area contributed by atoms with Gasteiger partial charge in [-0.3, -0.25) is 14.3 Å². The van der Waals surface area contributed by atoms with E-state index in [1.165, 1.54) is 55.7 Å². The molecule has 4 rings (SSSR count). The van der Waals surface area contributed by atoms with Crippen LogP contribution in [0, 0.1) is 5.82 Å². The molecule has 2 amide bonds. The molecular weight excluding hydrogens is 626 g/mol. The third-order valence-corrected chi connectivity index (χ3v) is 7.88. The quantitative estimate of drug-likeness (QED) is 0.207. The van der Waals surface area contributed by atoms with Gasteiger partial charge in [0, 0.05) is 17.6 Å². The van der Waals surface area contributed by atoms with Crippen molar-refractivity contribution in [2.24, 2.45) is 0 Å². The number of nitrogens with zero attached hydrogens (tertiary/aromatic N) is 4. The predicted molar refractivity (Wildman–Crippen MR) is 157 cm³/mol. The third kappa shape index (κ3) is 7.30. The van der Waals surface area contributed by atoms with Crippen LogP contribution in [-0.4, -0.2) is 48.4 Å². The zero-order valence-corrected chi connectivity index (χ0v) is 25.3. The molecule has 0 radical (unpaired) electrons. The lowest BCUT2D eigenvalue weighted by molar-refractivity contribution is -0.139. The second-order valence-corrected chi connectivity index (χ2v) is 12.5. The zero-order valence-electron chi connectivity index (χ0n) is 23.7. The molecule has 1 unspecified atom stereocenters. The summed E-state index contributed by atoms with van der Waals surface area (Å²) in [4.78, 5) is 40.1. The maximum Gasteiger partial charge on any atom is 0.416 e. The van der Waals surface area contributed by atoms with Crippen LogP contribution >= 0.6 is 22.9 Å². The number of hydrogen-bond donors (Lipinski definition) is 2. The Hall–Kier alpha value is -4.17. The number of rotatable bonds is 9. The molecule has 1 atom stereocenters. The van der Waals surface area contributed by atoms with Crippen molar-refractivity contribution in [2.75, 3.05) is 6.54 Å². The molecule has 9 nitrogen and oxygen atoms in total. The Labute approximate surface area is 258 Å². The first-order chi connectivity index (χ1) is 20.6. The highest BCUT2D eigenvalue weighted by Gasteiger charge is 2.40. The number of benzene rings is 2. The highest BCUT2D eigenvalue weighted by molar-refractivity contribution is 7.19. The largest absolute Gasteiger partial charge is 0.465 e. The topological polar surface area (TPSA) is 109 Å². The summed E-state index contributed by atoms with van der Waals surface area (Å²) >= 11 is 7.19. The van der Waals surface area contributed by atoms with Crippen molar-refractivity contribution < 1.29 is 32.3 Å². The van der Waals surface area contributed by atoms with Crippen LogP contribution in [0.4, 0.5) is 22.4 Å². The summed E-state index contributed by atoms with van der Waals surface area (Å²) in [6, 6.07) is 12.2. The van der Waals surface area contributed by atoms with Crippen LogP contribution in [0.15, 0.2) is 65.5 Å². The number of alkyl halides is 3. The Bertz CT molecular complexity index is 1730. The number of carbonyl (C=O) groups is 2. The van der Waals surface area contributed by atoms with E-state index in [0.29, 0.717) is 9.21 Å². The first-order valence-electron chi connectivity index (χ1n) is 13.2.